The van der Waals surface area contributed by atoms with Gasteiger partial charge < -0.3 is 15.3 Å². The van der Waals surface area contributed by atoms with E-state index in [0.29, 0.717) is 29.8 Å². The van der Waals surface area contributed by atoms with E-state index < -0.39 is 17.6 Å². The third-order valence-electron chi connectivity index (χ3n) is 5.50. The first-order chi connectivity index (χ1) is 15.8. The van der Waals surface area contributed by atoms with E-state index in [4.69, 9.17) is 5.11 Å². The molecule has 2 N–H and O–H groups in total. The van der Waals surface area contributed by atoms with E-state index in [9.17, 15) is 22.4 Å². The number of halogens is 4. The molecule has 0 aliphatic carbocycles. The van der Waals surface area contributed by atoms with Crippen molar-refractivity contribution in [1.29, 1.82) is 0 Å². The zero-order valence-corrected chi connectivity index (χ0v) is 17.5. The number of hydrogen-bond acceptors (Lipinski definition) is 4. The molecule has 1 aliphatic rings. The molecule has 3 aromatic rings. The van der Waals surface area contributed by atoms with Crippen LogP contribution in [-0.4, -0.2) is 35.7 Å². The van der Waals surface area contributed by atoms with Gasteiger partial charge in [-0.1, -0.05) is 12.1 Å². The van der Waals surface area contributed by atoms with Crippen LogP contribution in [0.1, 0.15) is 32.7 Å². The molecule has 0 unspecified atom stereocenters. The second-order valence-electron chi connectivity index (χ2n) is 7.68. The van der Waals surface area contributed by atoms with E-state index in [-0.39, 0.29) is 25.5 Å². The fraction of sp³-hybridized carbons (Fsp3) is 0.250. The van der Waals surface area contributed by atoms with Crippen LogP contribution in [0.3, 0.4) is 0 Å². The molecule has 5 nitrogen and oxygen atoms in total. The Morgan fingerprint density at radius 1 is 1.15 bits per heavy atom. The maximum Gasteiger partial charge on any atom is 0.419 e. The van der Waals surface area contributed by atoms with Gasteiger partial charge in [-0.15, -0.1) is 0 Å². The van der Waals surface area contributed by atoms with Crippen LogP contribution in [0.15, 0.2) is 54.7 Å². The van der Waals surface area contributed by atoms with E-state index >= 15 is 0 Å². The molecule has 172 valence electrons. The summed E-state index contributed by atoms with van der Waals surface area (Å²) in [5.41, 5.74) is 2.64. The number of carbonyl (C=O) groups excluding carboxylic acids is 1. The third kappa shape index (κ3) is 4.83. The molecule has 2 aromatic carbocycles. The van der Waals surface area contributed by atoms with Crippen molar-refractivity contribution in [3.63, 3.8) is 0 Å². The number of aromatic nitrogens is 1. The van der Waals surface area contributed by atoms with Crippen LogP contribution < -0.4 is 10.2 Å². The monoisotopic (exact) mass is 459 g/mol. The van der Waals surface area contributed by atoms with E-state index in [1.54, 1.807) is 30.5 Å². The van der Waals surface area contributed by atoms with E-state index in [0.717, 1.165) is 29.1 Å². The molecule has 4 rings (SSSR count). The topological polar surface area (TPSA) is 65.5 Å². The van der Waals surface area contributed by atoms with E-state index in [1.807, 2.05) is 11.0 Å². The van der Waals surface area contributed by atoms with Crippen LogP contribution in [0.4, 0.5) is 28.9 Å². The predicted molar refractivity (Wildman–Crippen MR) is 115 cm³/mol. The number of rotatable bonds is 6. The lowest BCUT2D eigenvalue weighted by Gasteiger charge is -2.20. The maximum atomic E-state index is 13.6. The number of aliphatic hydroxyl groups is 1. The minimum atomic E-state index is -4.77. The van der Waals surface area contributed by atoms with Gasteiger partial charge in [0, 0.05) is 48.3 Å². The van der Waals surface area contributed by atoms with Crippen molar-refractivity contribution < 1.29 is 27.5 Å². The van der Waals surface area contributed by atoms with Gasteiger partial charge in [-0.2, -0.15) is 13.2 Å². The molecule has 0 spiro atoms. The SMILES string of the molecule is O=C(NCCO)c1cccc2c1CCN2c1ccnc(Cc2ccc(F)c(C(F)(F)F)c2)c1. The molecule has 0 saturated heterocycles. The highest BCUT2D eigenvalue weighted by Gasteiger charge is 2.34. The van der Waals surface area contributed by atoms with Crippen molar-refractivity contribution in [2.75, 3.05) is 24.6 Å². The Bertz CT molecular complexity index is 1180. The van der Waals surface area contributed by atoms with E-state index in [1.165, 1.54) is 6.07 Å². The first-order valence-corrected chi connectivity index (χ1v) is 10.4. The summed E-state index contributed by atoms with van der Waals surface area (Å²) in [6.45, 7) is 0.641. The number of carbonyl (C=O) groups is 1. The Hall–Kier alpha value is -3.46. The zero-order chi connectivity index (χ0) is 23.6. The number of aliphatic hydroxyl groups excluding tert-OH is 1. The molecule has 0 fully saturated rings. The lowest BCUT2D eigenvalue weighted by molar-refractivity contribution is -0.140. The number of pyridine rings is 1. The number of nitrogens with zero attached hydrogens (tertiary/aromatic N) is 2. The molecule has 2 heterocycles. The quantitative estimate of drug-likeness (QED) is 0.541. The van der Waals surface area contributed by atoms with Crippen molar-refractivity contribution in [3.05, 3.63) is 88.5 Å². The van der Waals surface area contributed by atoms with Gasteiger partial charge in [-0.3, -0.25) is 9.78 Å². The van der Waals surface area contributed by atoms with Gasteiger partial charge in [0.1, 0.15) is 5.82 Å². The summed E-state index contributed by atoms with van der Waals surface area (Å²) in [6.07, 6.45) is -2.44. The summed E-state index contributed by atoms with van der Waals surface area (Å²) < 4.78 is 52.7. The summed E-state index contributed by atoms with van der Waals surface area (Å²) in [4.78, 5) is 18.7. The molecule has 0 atom stereocenters. The molecule has 1 aromatic heterocycles. The van der Waals surface area contributed by atoms with Crippen LogP contribution in [0, 0.1) is 5.82 Å². The first kappa shape index (κ1) is 22.7. The lowest BCUT2D eigenvalue weighted by Crippen LogP contribution is -2.27. The van der Waals surface area contributed by atoms with Crippen molar-refractivity contribution in [2.24, 2.45) is 0 Å². The number of fused-ring (bicyclic) bond motifs is 1. The largest absolute Gasteiger partial charge is 0.419 e. The standard InChI is InChI=1S/C24H21F4N3O2/c25-21-5-4-15(13-20(21)24(26,27)28)12-16-14-17(6-8-29-16)31-10-7-18-19(2-1-3-22(18)31)23(33)30-9-11-32/h1-6,8,13-14,32H,7,9-12H2,(H,30,33). The number of alkyl halides is 3. The average Bonchev–Trinajstić information content (AvgIpc) is 3.22. The molecular formula is C24H21F4N3O2. The molecule has 0 radical (unpaired) electrons. The van der Waals surface area contributed by atoms with Gasteiger partial charge in [0.2, 0.25) is 0 Å². The molecular weight excluding hydrogens is 438 g/mol. The minimum absolute atomic E-state index is 0.113. The summed E-state index contributed by atoms with van der Waals surface area (Å²) in [5.74, 6) is -1.56. The van der Waals surface area contributed by atoms with Crippen LogP contribution in [0.5, 0.6) is 0 Å². The highest BCUT2D eigenvalue weighted by atomic mass is 19.4. The van der Waals surface area contributed by atoms with Crippen molar-refractivity contribution in [3.8, 4) is 0 Å². The number of benzene rings is 2. The highest BCUT2D eigenvalue weighted by Crippen LogP contribution is 2.37. The smallest absolute Gasteiger partial charge is 0.395 e. The first-order valence-electron chi connectivity index (χ1n) is 10.4. The summed E-state index contributed by atoms with van der Waals surface area (Å²) >= 11 is 0. The zero-order valence-electron chi connectivity index (χ0n) is 17.5. The second kappa shape index (κ2) is 9.19. The van der Waals surface area contributed by atoms with Crippen LogP contribution in [0.25, 0.3) is 0 Å². The van der Waals surface area contributed by atoms with Gasteiger partial charge in [-0.05, 0) is 53.9 Å². The molecule has 9 heteroatoms. The predicted octanol–water partition coefficient (Wildman–Crippen LogP) is 4.25. The normalized spacial score (nSPS) is 13.2. The molecule has 1 aliphatic heterocycles. The van der Waals surface area contributed by atoms with Gasteiger partial charge in [0.05, 0.1) is 12.2 Å². The van der Waals surface area contributed by atoms with Gasteiger partial charge in [0.25, 0.3) is 5.91 Å². The van der Waals surface area contributed by atoms with Crippen LogP contribution in [-0.2, 0) is 19.0 Å². The fourth-order valence-electron chi connectivity index (χ4n) is 4.02. The lowest BCUT2D eigenvalue weighted by atomic mass is 10.0. The Labute approximate surface area is 187 Å². The summed E-state index contributed by atoms with van der Waals surface area (Å²) in [7, 11) is 0. The maximum absolute atomic E-state index is 13.6. The van der Waals surface area contributed by atoms with Gasteiger partial charge in [0.15, 0.2) is 0 Å². The Morgan fingerprint density at radius 3 is 2.73 bits per heavy atom. The Morgan fingerprint density at radius 2 is 1.97 bits per heavy atom. The average molecular weight is 459 g/mol. The summed E-state index contributed by atoms with van der Waals surface area (Å²) in [6, 6.07) is 12.0. The second-order valence-corrected chi connectivity index (χ2v) is 7.68. The van der Waals surface area contributed by atoms with Crippen molar-refractivity contribution >= 4 is 17.3 Å². The van der Waals surface area contributed by atoms with Gasteiger partial charge >= 0.3 is 6.18 Å². The molecule has 33 heavy (non-hydrogen) atoms. The third-order valence-corrected chi connectivity index (χ3v) is 5.50. The van der Waals surface area contributed by atoms with E-state index in [2.05, 4.69) is 10.3 Å². The molecule has 0 saturated carbocycles. The van der Waals surface area contributed by atoms with Crippen LogP contribution >= 0.6 is 0 Å². The number of hydrogen-bond donors (Lipinski definition) is 2. The Balaban J connectivity index is 1.59. The van der Waals surface area contributed by atoms with Crippen molar-refractivity contribution in [1.82, 2.24) is 10.3 Å². The number of nitrogens with one attached hydrogen (secondary N) is 1. The molecule has 1 amide bonds. The summed E-state index contributed by atoms with van der Waals surface area (Å²) in [5, 5.41) is 11.6. The minimum Gasteiger partial charge on any atom is -0.395 e. The highest BCUT2D eigenvalue weighted by molar-refractivity contribution is 5.98. The molecule has 0 bridgehead atoms. The fourth-order valence-corrected chi connectivity index (χ4v) is 4.02. The van der Waals surface area contributed by atoms with Gasteiger partial charge in [-0.25, -0.2) is 4.39 Å². The Kier molecular flexibility index (Phi) is 6.33. The number of amides is 1. The van der Waals surface area contributed by atoms with Crippen LogP contribution in [0.2, 0.25) is 0 Å². The number of anilines is 2. The van der Waals surface area contributed by atoms with Crippen molar-refractivity contribution in [2.45, 2.75) is 19.0 Å².